The first-order valence-electron chi connectivity index (χ1n) is 8.00. The largest absolute Gasteiger partial charge is 0.332 e. The van der Waals surface area contributed by atoms with E-state index in [2.05, 4.69) is 55.5 Å². The zero-order valence-electron chi connectivity index (χ0n) is 14.0. The van der Waals surface area contributed by atoms with Gasteiger partial charge in [0.1, 0.15) is 0 Å². The van der Waals surface area contributed by atoms with Gasteiger partial charge < -0.3 is 9.47 Å². The van der Waals surface area contributed by atoms with Crippen LogP contribution in [0.25, 0.3) is 11.6 Å². The highest BCUT2D eigenvalue weighted by Gasteiger charge is 2.26. The van der Waals surface area contributed by atoms with Crippen molar-refractivity contribution in [2.24, 2.45) is 7.05 Å². The van der Waals surface area contributed by atoms with Crippen LogP contribution in [0.4, 0.5) is 5.95 Å². The van der Waals surface area contributed by atoms with E-state index in [1.807, 2.05) is 24.7 Å². The van der Waals surface area contributed by atoms with E-state index in [-0.39, 0.29) is 0 Å². The van der Waals surface area contributed by atoms with Crippen LogP contribution in [0.15, 0.2) is 48.8 Å². The van der Waals surface area contributed by atoms with E-state index >= 15 is 0 Å². The number of rotatable bonds is 4. The summed E-state index contributed by atoms with van der Waals surface area (Å²) < 4.78 is 4.07. The van der Waals surface area contributed by atoms with Crippen LogP contribution in [0.1, 0.15) is 18.1 Å². The summed E-state index contributed by atoms with van der Waals surface area (Å²) in [6, 6.07) is 8.52. The van der Waals surface area contributed by atoms with E-state index < -0.39 is 0 Å². The van der Waals surface area contributed by atoms with Crippen LogP contribution in [0.2, 0.25) is 0 Å². The van der Waals surface area contributed by atoms with Gasteiger partial charge in [-0.05, 0) is 18.1 Å². The van der Waals surface area contributed by atoms with Crippen molar-refractivity contribution in [1.82, 2.24) is 24.3 Å². The zero-order valence-corrected chi connectivity index (χ0v) is 14.0. The molecule has 0 saturated heterocycles. The Labute approximate surface area is 141 Å². The highest BCUT2D eigenvalue weighted by atomic mass is 15.4. The molecule has 122 valence electrons. The zero-order chi connectivity index (χ0) is 16.7. The maximum absolute atomic E-state index is 4.48. The summed E-state index contributed by atoms with van der Waals surface area (Å²) in [5.74, 6) is 2.45. The summed E-state index contributed by atoms with van der Waals surface area (Å²) in [6.45, 7) is 8.46. The molecule has 1 aliphatic rings. The summed E-state index contributed by atoms with van der Waals surface area (Å²) in [5, 5.41) is 8.90. The molecule has 3 heterocycles. The van der Waals surface area contributed by atoms with E-state index in [0.29, 0.717) is 6.54 Å². The molecule has 1 aromatic carbocycles. The Kier molecular flexibility index (Phi) is 3.45. The molecule has 0 aliphatic carbocycles. The van der Waals surface area contributed by atoms with Gasteiger partial charge in [0.05, 0.1) is 0 Å². The van der Waals surface area contributed by atoms with Crippen LogP contribution in [0, 0.1) is 0 Å². The Morgan fingerprint density at radius 1 is 1.12 bits per heavy atom. The Balaban J connectivity index is 1.76. The SMILES string of the molecule is C=C(C)Cn1c(-c2nccn2C)nnc1N1Cc2ccccc2C1. The summed E-state index contributed by atoms with van der Waals surface area (Å²) in [7, 11) is 1.97. The molecule has 24 heavy (non-hydrogen) atoms. The second kappa shape index (κ2) is 5.63. The maximum Gasteiger partial charge on any atom is 0.228 e. The first-order valence-corrected chi connectivity index (χ1v) is 8.00. The number of nitrogens with zero attached hydrogens (tertiary/aromatic N) is 6. The number of benzene rings is 1. The molecule has 0 radical (unpaired) electrons. The standard InChI is InChI=1S/C18H20N6/c1-13(2)10-24-17(16-19-8-9-22(16)3)20-21-18(24)23-11-14-6-4-5-7-15(14)12-23/h4-9H,1,10-12H2,2-3H3. The van der Waals surface area contributed by atoms with Crippen molar-refractivity contribution in [1.29, 1.82) is 0 Å². The van der Waals surface area contributed by atoms with Crippen LogP contribution >= 0.6 is 0 Å². The number of aryl methyl sites for hydroxylation is 1. The normalized spacial score (nSPS) is 13.3. The first-order chi connectivity index (χ1) is 11.6. The lowest BCUT2D eigenvalue weighted by molar-refractivity contribution is 0.724. The highest BCUT2D eigenvalue weighted by molar-refractivity contribution is 5.52. The smallest absolute Gasteiger partial charge is 0.228 e. The molecule has 1 aliphatic heterocycles. The quantitative estimate of drug-likeness (QED) is 0.694. The minimum absolute atomic E-state index is 0.678. The van der Waals surface area contributed by atoms with Crippen molar-refractivity contribution in [3.05, 3.63) is 59.9 Å². The van der Waals surface area contributed by atoms with Crippen LogP contribution in [0.5, 0.6) is 0 Å². The Morgan fingerprint density at radius 2 is 1.83 bits per heavy atom. The van der Waals surface area contributed by atoms with E-state index in [9.17, 15) is 0 Å². The summed E-state index contributed by atoms with van der Waals surface area (Å²) in [6.07, 6.45) is 3.70. The Morgan fingerprint density at radius 3 is 2.42 bits per heavy atom. The third-order valence-electron chi connectivity index (χ3n) is 4.30. The fourth-order valence-electron chi connectivity index (χ4n) is 3.17. The Bertz CT molecular complexity index is 879. The molecule has 4 rings (SSSR count). The maximum atomic E-state index is 4.48. The van der Waals surface area contributed by atoms with Crippen molar-refractivity contribution in [3.8, 4) is 11.6 Å². The van der Waals surface area contributed by atoms with E-state index in [4.69, 9.17) is 0 Å². The molecule has 0 spiro atoms. The predicted octanol–water partition coefficient (Wildman–Crippen LogP) is 2.77. The number of allylic oxidation sites excluding steroid dienone is 1. The van der Waals surface area contributed by atoms with Crippen molar-refractivity contribution in [3.63, 3.8) is 0 Å². The number of hydrogen-bond acceptors (Lipinski definition) is 4. The van der Waals surface area contributed by atoms with E-state index in [1.165, 1.54) is 11.1 Å². The van der Waals surface area contributed by atoms with Gasteiger partial charge in [0.2, 0.25) is 11.8 Å². The molecule has 6 nitrogen and oxygen atoms in total. The average Bonchev–Trinajstić information content (AvgIpc) is 3.24. The lowest BCUT2D eigenvalue weighted by Gasteiger charge is -2.18. The molecule has 0 amide bonds. The van der Waals surface area contributed by atoms with Crippen LogP contribution in [-0.4, -0.2) is 24.3 Å². The first kappa shape index (κ1) is 14.7. The molecule has 6 heteroatoms. The molecule has 0 atom stereocenters. The van der Waals surface area contributed by atoms with Gasteiger partial charge in [-0.15, -0.1) is 10.2 Å². The van der Waals surface area contributed by atoms with Crippen LogP contribution < -0.4 is 4.90 Å². The molecule has 0 unspecified atom stereocenters. The fourth-order valence-corrected chi connectivity index (χ4v) is 3.17. The van der Waals surface area contributed by atoms with E-state index in [0.717, 1.165) is 36.3 Å². The molecule has 0 N–H and O–H groups in total. The lowest BCUT2D eigenvalue weighted by atomic mass is 10.1. The molecule has 2 aromatic heterocycles. The summed E-state index contributed by atoms with van der Waals surface area (Å²) in [5.41, 5.74) is 3.75. The summed E-state index contributed by atoms with van der Waals surface area (Å²) >= 11 is 0. The van der Waals surface area contributed by atoms with Crippen LogP contribution in [0.3, 0.4) is 0 Å². The summed E-state index contributed by atoms with van der Waals surface area (Å²) in [4.78, 5) is 6.68. The van der Waals surface area contributed by atoms with Crippen molar-refractivity contribution < 1.29 is 0 Å². The van der Waals surface area contributed by atoms with Gasteiger partial charge >= 0.3 is 0 Å². The van der Waals surface area contributed by atoms with Gasteiger partial charge in [-0.2, -0.15) is 0 Å². The number of anilines is 1. The van der Waals surface area contributed by atoms with Gasteiger partial charge in [-0.1, -0.05) is 36.4 Å². The average molecular weight is 320 g/mol. The van der Waals surface area contributed by atoms with Gasteiger partial charge in [-0.25, -0.2) is 4.98 Å². The minimum Gasteiger partial charge on any atom is -0.332 e. The van der Waals surface area contributed by atoms with Gasteiger partial charge in [0.25, 0.3) is 0 Å². The monoisotopic (exact) mass is 320 g/mol. The van der Waals surface area contributed by atoms with E-state index in [1.54, 1.807) is 6.20 Å². The number of imidazole rings is 1. The van der Waals surface area contributed by atoms with Crippen molar-refractivity contribution >= 4 is 5.95 Å². The minimum atomic E-state index is 0.678. The van der Waals surface area contributed by atoms with Gasteiger partial charge in [0.15, 0.2) is 5.82 Å². The molecule has 0 bridgehead atoms. The molecule has 0 saturated carbocycles. The topological polar surface area (TPSA) is 51.8 Å². The van der Waals surface area contributed by atoms with Gasteiger partial charge in [0, 0.05) is 39.1 Å². The van der Waals surface area contributed by atoms with Crippen molar-refractivity contribution in [2.45, 2.75) is 26.6 Å². The highest BCUT2D eigenvalue weighted by Crippen LogP contribution is 2.29. The lowest BCUT2D eigenvalue weighted by Crippen LogP contribution is -2.20. The number of hydrogen-bond donors (Lipinski definition) is 0. The fraction of sp³-hybridized carbons (Fsp3) is 0.278. The second-order valence-corrected chi connectivity index (χ2v) is 6.35. The van der Waals surface area contributed by atoms with Gasteiger partial charge in [-0.3, -0.25) is 4.57 Å². The predicted molar refractivity (Wildman–Crippen MR) is 93.4 cm³/mol. The van der Waals surface area contributed by atoms with Crippen LogP contribution in [-0.2, 0) is 26.7 Å². The number of aromatic nitrogens is 5. The third kappa shape index (κ3) is 2.40. The molecule has 0 fully saturated rings. The third-order valence-corrected chi connectivity index (χ3v) is 4.30. The Hall–Kier alpha value is -2.89. The molecule has 3 aromatic rings. The molecular formula is C18H20N6. The molecular weight excluding hydrogens is 300 g/mol. The number of fused-ring (bicyclic) bond motifs is 1. The second-order valence-electron chi connectivity index (χ2n) is 6.35. The van der Waals surface area contributed by atoms with Crippen molar-refractivity contribution in [2.75, 3.05) is 4.90 Å².